The molecule has 0 spiro atoms. The monoisotopic (exact) mass is 453 g/mol. The molecule has 1 aromatic carbocycles. The molecule has 104 valence electrons. The lowest BCUT2D eigenvalue weighted by atomic mass is 10.2. The van der Waals surface area contributed by atoms with Crippen molar-refractivity contribution in [3.05, 3.63) is 31.8 Å². The summed E-state index contributed by atoms with van der Waals surface area (Å²) < 4.78 is 1.94. The fourth-order valence-electron chi connectivity index (χ4n) is 2.39. The van der Waals surface area contributed by atoms with Gasteiger partial charge in [0.2, 0.25) is 0 Å². The molecule has 2 atom stereocenters. The molecule has 2 unspecified atom stereocenters. The third-order valence-corrected chi connectivity index (χ3v) is 5.89. The largest absolute Gasteiger partial charge is 0.349 e. The van der Waals surface area contributed by atoms with Crippen LogP contribution < -0.4 is 5.32 Å². The van der Waals surface area contributed by atoms with Gasteiger partial charge in [-0.05, 0) is 81.7 Å². The molecule has 0 bridgehead atoms. The highest BCUT2D eigenvalue weighted by Gasteiger charge is 2.26. The van der Waals surface area contributed by atoms with E-state index >= 15 is 0 Å². The number of thioether (sulfide) groups is 1. The van der Waals surface area contributed by atoms with E-state index < -0.39 is 0 Å². The van der Waals surface area contributed by atoms with E-state index in [0.29, 0.717) is 6.04 Å². The second-order valence-corrected chi connectivity index (χ2v) is 8.36. The number of benzene rings is 1. The topological polar surface area (TPSA) is 29.1 Å². The van der Waals surface area contributed by atoms with Gasteiger partial charge in [-0.15, -0.1) is 0 Å². The van der Waals surface area contributed by atoms with Gasteiger partial charge >= 0.3 is 0 Å². The van der Waals surface area contributed by atoms with Gasteiger partial charge in [0.1, 0.15) is 0 Å². The van der Waals surface area contributed by atoms with Crippen LogP contribution in [0.1, 0.15) is 36.5 Å². The number of carbonyl (C=O) groups excluding carboxylic acids is 1. The van der Waals surface area contributed by atoms with E-state index in [4.69, 9.17) is 0 Å². The fraction of sp³-hybridized carbons (Fsp3) is 0.500. The van der Waals surface area contributed by atoms with Crippen LogP contribution in [0.2, 0.25) is 0 Å². The van der Waals surface area contributed by atoms with E-state index in [9.17, 15) is 4.79 Å². The lowest BCUT2D eigenvalue weighted by molar-refractivity contribution is 0.0937. The van der Waals surface area contributed by atoms with E-state index in [0.717, 1.165) is 37.5 Å². The molecule has 1 amide bonds. The molecule has 0 heterocycles. The highest BCUT2D eigenvalue weighted by atomic mass is 127. The van der Waals surface area contributed by atoms with Crippen LogP contribution in [0.4, 0.5) is 0 Å². The number of rotatable bonds is 4. The van der Waals surface area contributed by atoms with Crippen molar-refractivity contribution < 1.29 is 4.79 Å². The molecule has 0 aromatic heterocycles. The molecule has 1 saturated carbocycles. The normalized spacial score (nSPS) is 22.5. The number of nitrogens with one attached hydrogen (secondary N) is 1. The Bertz CT molecular complexity index is 469. The van der Waals surface area contributed by atoms with Gasteiger partial charge < -0.3 is 5.32 Å². The average molecular weight is 454 g/mol. The Morgan fingerprint density at radius 3 is 3.05 bits per heavy atom. The van der Waals surface area contributed by atoms with Crippen molar-refractivity contribution in [1.82, 2.24) is 5.32 Å². The first-order valence-corrected chi connectivity index (χ1v) is 9.39. The Morgan fingerprint density at radius 1 is 1.53 bits per heavy atom. The quantitative estimate of drug-likeness (QED) is 0.682. The highest BCUT2D eigenvalue weighted by Crippen LogP contribution is 2.30. The first-order chi connectivity index (χ1) is 9.10. The van der Waals surface area contributed by atoms with Gasteiger partial charge in [-0.1, -0.05) is 6.92 Å². The number of halogens is 2. The SMILES string of the molecule is CCSC1CCC(NC(=O)c2cc(I)ccc2Br)C1. The Morgan fingerprint density at radius 2 is 2.32 bits per heavy atom. The molecule has 0 saturated heterocycles. The summed E-state index contributed by atoms with van der Waals surface area (Å²) in [6, 6.07) is 6.18. The number of amides is 1. The summed E-state index contributed by atoms with van der Waals surface area (Å²) in [7, 11) is 0. The number of carbonyl (C=O) groups is 1. The van der Waals surface area contributed by atoms with Gasteiger partial charge in [-0.3, -0.25) is 4.79 Å². The molecule has 2 nitrogen and oxygen atoms in total. The average Bonchev–Trinajstić information content (AvgIpc) is 2.80. The first kappa shape index (κ1) is 15.6. The molecule has 1 aliphatic rings. The summed E-state index contributed by atoms with van der Waals surface area (Å²) in [5, 5.41) is 3.88. The van der Waals surface area contributed by atoms with Gasteiger partial charge in [0.05, 0.1) is 5.56 Å². The summed E-state index contributed by atoms with van der Waals surface area (Å²) >= 11 is 7.69. The molecule has 1 aromatic rings. The molecule has 1 fully saturated rings. The van der Waals surface area contributed by atoms with Crippen LogP contribution in [-0.4, -0.2) is 23.0 Å². The molecule has 1 N–H and O–H groups in total. The molecule has 0 radical (unpaired) electrons. The van der Waals surface area contributed by atoms with Crippen LogP contribution >= 0.6 is 50.3 Å². The van der Waals surface area contributed by atoms with Crippen molar-refractivity contribution >= 4 is 56.2 Å². The lowest BCUT2D eigenvalue weighted by Gasteiger charge is -2.14. The van der Waals surface area contributed by atoms with E-state index in [1.807, 2.05) is 30.0 Å². The summed E-state index contributed by atoms with van der Waals surface area (Å²) in [4.78, 5) is 12.3. The molecule has 5 heteroatoms. The first-order valence-electron chi connectivity index (χ1n) is 6.47. The molecule has 19 heavy (non-hydrogen) atoms. The maximum atomic E-state index is 12.3. The van der Waals surface area contributed by atoms with E-state index in [1.165, 1.54) is 6.42 Å². The zero-order valence-electron chi connectivity index (χ0n) is 10.8. The van der Waals surface area contributed by atoms with Crippen LogP contribution in [-0.2, 0) is 0 Å². The maximum Gasteiger partial charge on any atom is 0.252 e. The Balaban J connectivity index is 1.96. The van der Waals surface area contributed by atoms with Crippen LogP contribution in [0.25, 0.3) is 0 Å². The third-order valence-electron chi connectivity index (χ3n) is 3.30. The smallest absolute Gasteiger partial charge is 0.252 e. The van der Waals surface area contributed by atoms with Crippen molar-refractivity contribution in [2.45, 2.75) is 37.5 Å². The zero-order valence-corrected chi connectivity index (χ0v) is 15.3. The minimum absolute atomic E-state index is 0.0394. The Labute approximate surface area is 140 Å². The van der Waals surface area contributed by atoms with Gasteiger partial charge in [0, 0.05) is 19.3 Å². The molecular formula is C14H17BrINOS. The maximum absolute atomic E-state index is 12.3. The van der Waals surface area contributed by atoms with Crippen molar-refractivity contribution in [2.24, 2.45) is 0 Å². The summed E-state index contributed by atoms with van der Waals surface area (Å²) in [6.07, 6.45) is 3.42. The standard InChI is InChI=1S/C14H17BrINOS/c1-2-19-11-5-4-10(8-11)17-14(18)12-7-9(16)3-6-13(12)15/h3,6-7,10-11H,2,4-5,8H2,1H3,(H,17,18). The zero-order chi connectivity index (χ0) is 13.8. The van der Waals surface area contributed by atoms with Crippen LogP contribution in [0.15, 0.2) is 22.7 Å². The molecule has 0 aliphatic heterocycles. The Hall–Kier alpha value is 0.250. The van der Waals surface area contributed by atoms with Crippen LogP contribution in [0.3, 0.4) is 0 Å². The van der Waals surface area contributed by atoms with Gasteiger partial charge in [-0.25, -0.2) is 0 Å². The van der Waals surface area contributed by atoms with Crippen LogP contribution in [0, 0.1) is 3.57 Å². The van der Waals surface area contributed by atoms with Crippen molar-refractivity contribution in [1.29, 1.82) is 0 Å². The predicted octanol–water partition coefficient (Wildman–Crippen LogP) is 4.46. The fourth-order valence-corrected chi connectivity index (χ4v) is 4.45. The van der Waals surface area contributed by atoms with E-state index in [2.05, 4.69) is 50.8 Å². The summed E-state index contributed by atoms with van der Waals surface area (Å²) in [5.41, 5.74) is 0.735. The van der Waals surface area contributed by atoms with Gasteiger partial charge in [-0.2, -0.15) is 11.8 Å². The van der Waals surface area contributed by atoms with Gasteiger partial charge in [0.15, 0.2) is 0 Å². The Kier molecular flexibility index (Phi) is 6.02. The second kappa shape index (κ2) is 7.31. The summed E-state index contributed by atoms with van der Waals surface area (Å²) in [5.74, 6) is 1.20. The van der Waals surface area contributed by atoms with Crippen molar-refractivity contribution in [3.63, 3.8) is 0 Å². The lowest BCUT2D eigenvalue weighted by Crippen LogP contribution is -2.33. The minimum Gasteiger partial charge on any atom is -0.349 e. The second-order valence-electron chi connectivity index (χ2n) is 4.68. The van der Waals surface area contributed by atoms with Crippen molar-refractivity contribution in [3.8, 4) is 0 Å². The summed E-state index contributed by atoms with van der Waals surface area (Å²) in [6.45, 7) is 2.19. The van der Waals surface area contributed by atoms with Gasteiger partial charge in [0.25, 0.3) is 5.91 Å². The highest BCUT2D eigenvalue weighted by molar-refractivity contribution is 14.1. The van der Waals surface area contributed by atoms with E-state index in [-0.39, 0.29) is 5.91 Å². The van der Waals surface area contributed by atoms with Crippen LogP contribution in [0.5, 0.6) is 0 Å². The predicted molar refractivity (Wildman–Crippen MR) is 93.9 cm³/mol. The molecule has 1 aliphatic carbocycles. The van der Waals surface area contributed by atoms with E-state index in [1.54, 1.807) is 0 Å². The van der Waals surface area contributed by atoms with Crippen molar-refractivity contribution in [2.75, 3.05) is 5.75 Å². The molecular weight excluding hydrogens is 437 g/mol. The number of hydrogen-bond acceptors (Lipinski definition) is 2. The minimum atomic E-state index is 0.0394. The third kappa shape index (κ3) is 4.36. The number of hydrogen-bond donors (Lipinski definition) is 1. The molecule has 2 rings (SSSR count).